The quantitative estimate of drug-likeness (QED) is 0.603. The molecule has 0 aromatic heterocycles. The summed E-state index contributed by atoms with van der Waals surface area (Å²) in [5.41, 5.74) is 4.78. The lowest BCUT2D eigenvalue weighted by Crippen LogP contribution is -2.23. The van der Waals surface area contributed by atoms with Crippen LogP contribution in [0.25, 0.3) is 0 Å². The van der Waals surface area contributed by atoms with Gasteiger partial charge in [-0.2, -0.15) is 5.06 Å². The van der Waals surface area contributed by atoms with Crippen LogP contribution in [0.1, 0.15) is 29.2 Å². The normalized spacial score (nSPS) is 10.5. The van der Waals surface area contributed by atoms with Gasteiger partial charge in [-0.05, 0) is 55.3 Å². The van der Waals surface area contributed by atoms with E-state index in [1.807, 2.05) is 25.1 Å². The second-order valence-corrected chi connectivity index (χ2v) is 6.35. The smallest absolute Gasteiger partial charge is 0.309 e. The average molecular weight is 345 g/mol. The molecule has 0 bridgehead atoms. The molecule has 2 aromatic carbocycles. The van der Waals surface area contributed by atoms with Gasteiger partial charge >= 0.3 is 5.24 Å². The fourth-order valence-corrected chi connectivity index (χ4v) is 2.84. The first-order valence-electron chi connectivity index (χ1n) is 7.85. The number of amides is 1. The minimum Gasteiger partial charge on any atom is -0.489 e. The lowest BCUT2D eigenvalue weighted by molar-refractivity contribution is 0.223. The first-order valence-corrected chi connectivity index (χ1v) is 9.08. The molecule has 2 aromatic rings. The van der Waals surface area contributed by atoms with E-state index in [1.54, 1.807) is 18.4 Å². The number of hydrogen-bond acceptors (Lipinski definition) is 4. The van der Waals surface area contributed by atoms with Gasteiger partial charge in [0.05, 0.1) is 5.69 Å². The zero-order valence-corrected chi connectivity index (χ0v) is 15.3. The molecule has 0 heterocycles. The predicted molar refractivity (Wildman–Crippen MR) is 99.2 cm³/mol. The van der Waals surface area contributed by atoms with Crippen molar-refractivity contribution in [3.05, 3.63) is 58.7 Å². The van der Waals surface area contributed by atoms with Gasteiger partial charge in [0.15, 0.2) is 0 Å². The Morgan fingerprint density at radius 3 is 2.54 bits per heavy atom. The average Bonchev–Trinajstić information content (AvgIpc) is 2.60. The molecule has 2 rings (SSSR count). The van der Waals surface area contributed by atoms with Gasteiger partial charge in [-0.15, -0.1) is 0 Å². The van der Waals surface area contributed by atoms with Gasteiger partial charge in [0, 0.05) is 5.56 Å². The Morgan fingerprint density at radius 2 is 1.88 bits per heavy atom. The molecule has 4 nitrogen and oxygen atoms in total. The molecule has 1 N–H and O–H groups in total. The molecular formula is C19H23NO3S. The molecule has 5 heteroatoms. The maximum Gasteiger partial charge on any atom is 0.309 e. The van der Waals surface area contributed by atoms with Crippen LogP contribution in [0.15, 0.2) is 36.4 Å². The van der Waals surface area contributed by atoms with Gasteiger partial charge in [0.2, 0.25) is 0 Å². The SMILES string of the molecule is CCc1cc(C)c(OCc2ccccc2N(O)C(=O)SC)cc1C. The third-order valence-electron chi connectivity index (χ3n) is 3.96. The topological polar surface area (TPSA) is 49.8 Å². The van der Waals surface area contributed by atoms with Crippen LogP contribution >= 0.6 is 11.8 Å². The van der Waals surface area contributed by atoms with Crippen LogP contribution < -0.4 is 9.80 Å². The van der Waals surface area contributed by atoms with Crippen LogP contribution in [0.4, 0.5) is 10.5 Å². The Balaban J connectivity index is 2.21. The molecule has 0 unspecified atom stereocenters. The van der Waals surface area contributed by atoms with E-state index < -0.39 is 5.24 Å². The van der Waals surface area contributed by atoms with Gasteiger partial charge < -0.3 is 4.74 Å². The van der Waals surface area contributed by atoms with Crippen LogP contribution in [-0.4, -0.2) is 16.7 Å². The molecule has 0 atom stereocenters. The summed E-state index contributed by atoms with van der Waals surface area (Å²) in [4.78, 5) is 11.7. The van der Waals surface area contributed by atoms with Crippen molar-refractivity contribution >= 4 is 22.7 Å². The number of carbonyl (C=O) groups excluding carboxylic acids is 1. The molecule has 0 aliphatic heterocycles. The fraction of sp³-hybridized carbons (Fsp3) is 0.316. The van der Waals surface area contributed by atoms with E-state index in [1.165, 1.54) is 11.1 Å². The Kier molecular flexibility index (Phi) is 6.29. The maximum atomic E-state index is 11.7. The number of rotatable bonds is 5. The number of thioether (sulfide) groups is 1. The summed E-state index contributed by atoms with van der Waals surface area (Å²) in [7, 11) is 0. The lowest BCUT2D eigenvalue weighted by Gasteiger charge is -2.18. The summed E-state index contributed by atoms with van der Waals surface area (Å²) in [6.45, 7) is 6.51. The Morgan fingerprint density at radius 1 is 1.17 bits per heavy atom. The van der Waals surface area contributed by atoms with E-state index in [0.717, 1.165) is 35.1 Å². The van der Waals surface area contributed by atoms with E-state index >= 15 is 0 Å². The first-order chi connectivity index (χ1) is 11.5. The summed E-state index contributed by atoms with van der Waals surface area (Å²) in [6, 6.07) is 11.4. The summed E-state index contributed by atoms with van der Waals surface area (Å²) < 4.78 is 5.95. The summed E-state index contributed by atoms with van der Waals surface area (Å²) in [5, 5.41) is 10.3. The Hall–Kier alpha value is -1.98. The lowest BCUT2D eigenvalue weighted by atomic mass is 10.0. The van der Waals surface area contributed by atoms with Crippen LogP contribution in [-0.2, 0) is 13.0 Å². The largest absolute Gasteiger partial charge is 0.489 e. The van der Waals surface area contributed by atoms with Gasteiger partial charge in [-0.1, -0.05) is 43.0 Å². The van der Waals surface area contributed by atoms with Crippen molar-refractivity contribution in [1.29, 1.82) is 0 Å². The molecule has 0 aliphatic rings. The number of hydrogen-bond donors (Lipinski definition) is 1. The minimum absolute atomic E-state index is 0.278. The number of hydroxylamine groups is 1. The van der Waals surface area contributed by atoms with Crippen LogP contribution in [0.3, 0.4) is 0 Å². The summed E-state index contributed by atoms with van der Waals surface area (Å²) in [6.07, 6.45) is 2.62. The molecule has 1 amide bonds. The van der Waals surface area contributed by atoms with Crippen LogP contribution in [0.2, 0.25) is 0 Å². The Bertz CT molecular complexity index is 731. The fourth-order valence-electron chi connectivity index (χ4n) is 2.57. The van der Waals surface area contributed by atoms with Gasteiger partial charge in [-0.25, -0.2) is 0 Å². The molecule has 0 saturated carbocycles. The van der Waals surface area contributed by atoms with E-state index in [9.17, 15) is 10.0 Å². The van der Waals surface area contributed by atoms with E-state index in [-0.39, 0.29) is 6.61 Å². The van der Waals surface area contributed by atoms with Gasteiger partial charge in [0.1, 0.15) is 12.4 Å². The van der Waals surface area contributed by atoms with Gasteiger partial charge in [-0.3, -0.25) is 10.0 Å². The van der Waals surface area contributed by atoms with Crippen molar-refractivity contribution in [1.82, 2.24) is 0 Å². The first kappa shape index (κ1) is 18.4. The molecule has 24 heavy (non-hydrogen) atoms. The van der Waals surface area contributed by atoms with Crippen molar-refractivity contribution < 1.29 is 14.7 Å². The highest BCUT2D eigenvalue weighted by Gasteiger charge is 2.16. The molecule has 0 radical (unpaired) electrons. The number of anilines is 1. The molecule has 0 fully saturated rings. The summed E-state index contributed by atoms with van der Waals surface area (Å²) in [5.74, 6) is 0.820. The third-order valence-corrected chi connectivity index (χ3v) is 4.49. The maximum absolute atomic E-state index is 11.7. The monoisotopic (exact) mass is 345 g/mol. The standard InChI is InChI=1S/C19H23NO3S/c1-5-15-10-14(3)18(11-13(15)2)23-12-16-8-6-7-9-17(16)20(22)19(21)24-4/h6-11,22H,5,12H2,1-4H3. The molecule has 128 valence electrons. The number of ether oxygens (including phenoxy) is 1. The number of aryl methyl sites for hydroxylation is 3. The molecule has 0 spiro atoms. The number of para-hydroxylation sites is 1. The van der Waals surface area contributed by atoms with Crippen molar-refractivity contribution in [3.63, 3.8) is 0 Å². The zero-order chi connectivity index (χ0) is 17.7. The zero-order valence-electron chi connectivity index (χ0n) is 14.5. The number of nitrogens with zero attached hydrogens (tertiary/aromatic N) is 1. The molecule has 0 saturated heterocycles. The summed E-state index contributed by atoms with van der Waals surface area (Å²) >= 11 is 0.956. The van der Waals surface area contributed by atoms with Crippen molar-refractivity contribution in [2.45, 2.75) is 33.8 Å². The minimum atomic E-state index is -0.429. The number of carbonyl (C=O) groups is 1. The second kappa shape index (κ2) is 8.22. The highest BCUT2D eigenvalue weighted by molar-refractivity contribution is 8.13. The van der Waals surface area contributed by atoms with E-state index in [0.29, 0.717) is 10.8 Å². The molecular weight excluding hydrogens is 322 g/mol. The molecule has 0 aliphatic carbocycles. The van der Waals surface area contributed by atoms with E-state index in [2.05, 4.69) is 19.9 Å². The van der Waals surface area contributed by atoms with Crippen molar-refractivity contribution in [2.75, 3.05) is 11.3 Å². The Labute approximate surface area is 147 Å². The van der Waals surface area contributed by atoms with E-state index in [4.69, 9.17) is 4.74 Å². The highest BCUT2D eigenvalue weighted by Crippen LogP contribution is 2.27. The highest BCUT2D eigenvalue weighted by atomic mass is 32.2. The van der Waals surface area contributed by atoms with Crippen molar-refractivity contribution in [3.8, 4) is 5.75 Å². The van der Waals surface area contributed by atoms with Crippen molar-refractivity contribution in [2.24, 2.45) is 0 Å². The van der Waals surface area contributed by atoms with Gasteiger partial charge in [0.25, 0.3) is 0 Å². The second-order valence-electron chi connectivity index (χ2n) is 5.60. The number of benzene rings is 2. The van der Waals surface area contributed by atoms with Crippen LogP contribution in [0.5, 0.6) is 5.75 Å². The predicted octanol–water partition coefficient (Wildman–Crippen LogP) is 5.12. The van der Waals surface area contributed by atoms with Crippen LogP contribution in [0, 0.1) is 13.8 Å². The third kappa shape index (κ3) is 4.10.